The topological polar surface area (TPSA) is 105 Å². The molecule has 3 rings (SSSR count). The summed E-state index contributed by atoms with van der Waals surface area (Å²) in [6.45, 7) is 7.47. The van der Waals surface area contributed by atoms with Crippen molar-refractivity contribution in [1.82, 2.24) is 10.2 Å². The summed E-state index contributed by atoms with van der Waals surface area (Å²) in [5, 5.41) is 21.8. The average molecular weight is 587 g/mol. The molecule has 0 fully saturated rings. The summed E-state index contributed by atoms with van der Waals surface area (Å²) in [6, 6.07) is 5.21. The van der Waals surface area contributed by atoms with E-state index in [-0.39, 0.29) is 16.8 Å². The molecular weight excluding hydrogens is 564 g/mol. The zero-order valence-corrected chi connectivity index (χ0v) is 22.0. The molecule has 1 heterocycles. The van der Waals surface area contributed by atoms with E-state index in [0.717, 1.165) is 6.07 Å². The second-order valence-corrected chi connectivity index (χ2v) is 10.1. The summed E-state index contributed by atoms with van der Waals surface area (Å²) in [4.78, 5) is 24.4. The van der Waals surface area contributed by atoms with E-state index in [4.69, 9.17) is 4.74 Å². The zero-order chi connectivity index (χ0) is 27.9. The second-order valence-electron chi connectivity index (χ2n) is 9.18. The van der Waals surface area contributed by atoms with E-state index >= 15 is 4.39 Å². The van der Waals surface area contributed by atoms with Gasteiger partial charge in [0.25, 0.3) is 0 Å². The fraction of sp³-hybridized carbons (Fsp3) is 0.333. The van der Waals surface area contributed by atoms with Crippen LogP contribution in [-0.4, -0.2) is 33.1 Å². The Labute approximate surface area is 217 Å². The first-order valence-electron chi connectivity index (χ1n) is 10.9. The van der Waals surface area contributed by atoms with Crippen molar-refractivity contribution >= 4 is 50.4 Å². The lowest BCUT2D eigenvalue weighted by atomic mass is 10.0. The molecule has 1 aromatic heterocycles. The number of fused-ring (bicyclic) bond motifs is 1. The molecule has 8 nitrogen and oxygen atoms in total. The minimum Gasteiger partial charge on any atom is -0.464 e. The van der Waals surface area contributed by atoms with Crippen molar-refractivity contribution in [3.8, 4) is 0 Å². The fourth-order valence-electron chi connectivity index (χ4n) is 3.53. The first kappa shape index (κ1) is 28.1. The Balaban J connectivity index is 2.15. The largest absolute Gasteiger partial charge is 0.464 e. The third kappa shape index (κ3) is 6.27. The number of hydrogen-bond donors (Lipinski definition) is 2. The third-order valence-corrected chi connectivity index (χ3v) is 5.66. The maximum atomic E-state index is 15.2. The SMILES string of the molecule is Cc1nnc(NC(C)c2cc(N(C(=O)O)C(=O)OC(C)(C)C)cc(C(F)(F)F)c2F)c2cc(Br)ccc12. The number of carbonyl (C=O) groups is 2. The smallest absolute Gasteiger partial charge is 0.424 e. The van der Waals surface area contributed by atoms with Crippen molar-refractivity contribution in [3.05, 3.63) is 57.4 Å². The number of nitrogens with one attached hydrogen (secondary N) is 1. The normalized spacial score (nSPS) is 12.8. The molecule has 2 amide bonds. The number of hydrogen-bond acceptors (Lipinski definition) is 6. The van der Waals surface area contributed by atoms with E-state index < -0.39 is 52.6 Å². The minimum atomic E-state index is -5.19. The van der Waals surface area contributed by atoms with E-state index in [2.05, 4.69) is 31.4 Å². The molecule has 0 aliphatic rings. The number of halogens is 5. The molecule has 1 atom stereocenters. The highest BCUT2D eigenvalue weighted by Gasteiger charge is 2.39. The van der Waals surface area contributed by atoms with Gasteiger partial charge < -0.3 is 15.2 Å². The van der Waals surface area contributed by atoms with Gasteiger partial charge in [0.15, 0.2) is 5.82 Å². The molecule has 2 N–H and O–H groups in total. The molecule has 0 saturated carbocycles. The molecule has 0 saturated heterocycles. The van der Waals surface area contributed by atoms with Crippen LogP contribution in [0.2, 0.25) is 0 Å². The summed E-state index contributed by atoms with van der Waals surface area (Å²) in [5.74, 6) is -1.47. The lowest BCUT2D eigenvalue weighted by molar-refractivity contribution is -0.140. The van der Waals surface area contributed by atoms with Crippen molar-refractivity contribution in [2.45, 2.75) is 52.4 Å². The van der Waals surface area contributed by atoms with Gasteiger partial charge in [-0.2, -0.15) is 23.2 Å². The van der Waals surface area contributed by atoms with Crippen molar-refractivity contribution < 1.29 is 37.0 Å². The Bertz CT molecular complexity index is 1380. The Morgan fingerprint density at radius 1 is 1.11 bits per heavy atom. The molecule has 0 radical (unpaired) electrons. The highest BCUT2D eigenvalue weighted by molar-refractivity contribution is 9.10. The number of amides is 2. The lowest BCUT2D eigenvalue weighted by Crippen LogP contribution is -2.40. The van der Waals surface area contributed by atoms with Crippen LogP contribution >= 0.6 is 15.9 Å². The molecule has 0 bridgehead atoms. The van der Waals surface area contributed by atoms with Crippen LogP contribution in [0.4, 0.5) is 38.7 Å². The van der Waals surface area contributed by atoms with Crippen LogP contribution in [0.5, 0.6) is 0 Å². The highest BCUT2D eigenvalue weighted by Crippen LogP contribution is 2.39. The van der Waals surface area contributed by atoms with Gasteiger partial charge in [-0.25, -0.2) is 14.0 Å². The van der Waals surface area contributed by atoms with Gasteiger partial charge in [-0.3, -0.25) is 0 Å². The Morgan fingerprint density at radius 2 is 1.76 bits per heavy atom. The number of nitrogens with zero attached hydrogens (tertiary/aromatic N) is 3. The number of rotatable bonds is 4. The number of anilines is 2. The van der Waals surface area contributed by atoms with Gasteiger partial charge in [0.2, 0.25) is 0 Å². The van der Waals surface area contributed by atoms with Gasteiger partial charge in [-0.05, 0) is 58.9 Å². The average Bonchev–Trinajstić information content (AvgIpc) is 2.74. The van der Waals surface area contributed by atoms with Crippen LogP contribution in [0.3, 0.4) is 0 Å². The Kier molecular flexibility index (Phi) is 7.68. The zero-order valence-electron chi connectivity index (χ0n) is 20.4. The quantitative estimate of drug-likeness (QED) is 0.306. The van der Waals surface area contributed by atoms with Gasteiger partial charge >= 0.3 is 18.4 Å². The Morgan fingerprint density at radius 3 is 2.32 bits per heavy atom. The maximum Gasteiger partial charge on any atom is 0.424 e. The number of carboxylic acid groups (broad SMARTS) is 1. The van der Waals surface area contributed by atoms with E-state index in [9.17, 15) is 27.9 Å². The van der Waals surface area contributed by atoms with Crippen molar-refractivity contribution in [2.24, 2.45) is 0 Å². The third-order valence-electron chi connectivity index (χ3n) is 5.16. The van der Waals surface area contributed by atoms with E-state index in [1.807, 2.05) is 0 Å². The fourth-order valence-corrected chi connectivity index (χ4v) is 3.89. The second kappa shape index (κ2) is 10.1. The predicted molar refractivity (Wildman–Crippen MR) is 132 cm³/mol. The van der Waals surface area contributed by atoms with Gasteiger partial charge in [0.1, 0.15) is 11.4 Å². The summed E-state index contributed by atoms with van der Waals surface area (Å²) in [6.07, 6.45) is -8.53. The standard InChI is InChI=1S/C24H23BrF4N4O4/c1-11(30-20-17-8-13(25)6-7-15(17)12(2)31-32-20)16-9-14(10-18(19(16)26)24(27,28)29)33(21(34)35)22(36)37-23(3,4)5/h6-11H,1-5H3,(H,30,32)(H,34,35). The van der Waals surface area contributed by atoms with Gasteiger partial charge in [0, 0.05) is 20.8 Å². The molecular formula is C24H23BrF4N4O4. The molecule has 0 spiro atoms. The predicted octanol–water partition coefficient (Wildman–Crippen LogP) is 7.45. The minimum absolute atomic E-state index is 0.00561. The van der Waals surface area contributed by atoms with Gasteiger partial charge in [0.05, 0.1) is 23.0 Å². The summed E-state index contributed by atoms with van der Waals surface area (Å²) in [7, 11) is 0. The van der Waals surface area contributed by atoms with Crippen molar-refractivity contribution in [1.29, 1.82) is 0 Å². The number of carbonyl (C=O) groups excluding carboxylic acids is 1. The first-order chi connectivity index (χ1) is 17.0. The number of alkyl halides is 3. The number of aryl methyl sites for hydroxylation is 1. The molecule has 0 aliphatic carbocycles. The van der Waals surface area contributed by atoms with Crippen molar-refractivity contribution in [3.63, 3.8) is 0 Å². The monoisotopic (exact) mass is 586 g/mol. The number of aromatic nitrogens is 2. The molecule has 37 heavy (non-hydrogen) atoms. The Hall–Kier alpha value is -3.48. The molecule has 2 aromatic carbocycles. The first-order valence-corrected chi connectivity index (χ1v) is 11.6. The highest BCUT2D eigenvalue weighted by atomic mass is 79.9. The number of ether oxygens (including phenoxy) is 1. The van der Waals surface area contributed by atoms with Crippen LogP contribution in [0.25, 0.3) is 10.8 Å². The van der Waals surface area contributed by atoms with Crippen molar-refractivity contribution in [2.75, 3.05) is 10.2 Å². The maximum absolute atomic E-state index is 15.2. The van der Waals surface area contributed by atoms with E-state index in [1.54, 1.807) is 25.1 Å². The molecule has 198 valence electrons. The lowest BCUT2D eigenvalue weighted by Gasteiger charge is -2.26. The summed E-state index contributed by atoms with van der Waals surface area (Å²) >= 11 is 3.35. The van der Waals surface area contributed by atoms with Gasteiger partial charge in [-0.15, -0.1) is 5.10 Å². The summed E-state index contributed by atoms with van der Waals surface area (Å²) in [5.41, 5.74) is -3.57. The number of benzene rings is 2. The molecule has 13 heteroatoms. The van der Waals surface area contributed by atoms with E-state index in [0.29, 0.717) is 20.9 Å². The molecule has 0 aliphatic heterocycles. The van der Waals surface area contributed by atoms with Crippen LogP contribution in [0.1, 0.15) is 50.6 Å². The summed E-state index contributed by atoms with van der Waals surface area (Å²) < 4.78 is 62.2. The molecule has 3 aromatic rings. The van der Waals surface area contributed by atoms with Crippen LogP contribution in [0.15, 0.2) is 34.8 Å². The van der Waals surface area contributed by atoms with Crippen LogP contribution in [-0.2, 0) is 10.9 Å². The van der Waals surface area contributed by atoms with Gasteiger partial charge in [-0.1, -0.05) is 22.0 Å². The molecule has 1 unspecified atom stereocenters. The van der Waals surface area contributed by atoms with Crippen LogP contribution in [0, 0.1) is 12.7 Å². The van der Waals surface area contributed by atoms with Crippen LogP contribution < -0.4 is 10.2 Å². The van der Waals surface area contributed by atoms with E-state index in [1.165, 1.54) is 27.7 Å². The number of imide groups is 1.